The molecule has 0 saturated carbocycles. The number of hydrogen-bond acceptors (Lipinski definition) is 13. The van der Waals surface area contributed by atoms with Crippen molar-refractivity contribution in [3.8, 4) is 0 Å². The van der Waals surface area contributed by atoms with Crippen molar-refractivity contribution in [2.45, 2.75) is 176 Å². The first kappa shape index (κ1) is 69.5. The Morgan fingerprint density at radius 1 is 0.765 bits per heavy atom. The van der Waals surface area contributed by atoms with Gasteiger partial charge >= 0.3 is 12.1 Å². The standard InChI is InChI=1S/C62H99N7O12/c1-16-40(8)56(52(79-14)35-53(73)69-31-21-25-48(69)58(80-15)42(10)49(70)32-41(9)57(74)44-22-18-17-19-23-44)67(12)60(76)47(37(2)3)34-51(72)55(39(6)7)68(13)62(78)81-36-43-26-28-46(29-27-43)66-59(75)45(24-20-30-65-61(63)77)33-50(71)54(64-11)38(4)5/h17-19,22-23,26-29,37-42,45,47-48,52,54-58,64,74H,16,20-21,24-25,30-36H2,1-15H3,(H,66,75)(H3,63,65,77)/t40-,41-,42-,45?,47?,48-,52+,54-,55-,56-,57+,58+/m0/s1. The van der Waals surface area contributed by atoms with E-state index in [0.717, 1.165) is 12.0 Å². The van der Waals surface area contributed by atoms with Crippen LogP contribution in [0.15, 0.2) is 54.6 Å². The molecule has 454 valence electrons. The largest absolute Gasteiger partial charge is 0.445 e. The van der Waals surface area contributed by atoms with E-state index >= 15 is 0 Å². The lowest BCUT2D eigenvalue weighted by atomic mass is 9.83. The molecule has 1 aliphatic rings. The van der Waals surface area contributed by atoms with Gasteiger partial charge in [-0.1, -0.05) is 118 Å². The number of primary amides is 1. The van der Waals surface area contributed by atoms with Crippen molar-refractivity contribution in [2.75, 3.05) is 53.8 Å². The van der Waals surface area contributed by atoms with Crippen LogP contribution in [0, 0.1) is 47.3 Å². The third kappa shape index (κ3) is 20.3. The number of ether oxygens (including phenoxy) is 3. The average molecular weight is 1130 g/mol. The molecule has 1 aliphatic heterocycles. The van der Waals surface area contributed by atoms with Crippen molar-refractivity contribution in [1.82, 2.24) is 25.3 Å². The van der Waals surface area contributed by atoms with Gasteiger partial charge in [0.05, 0.1) is 48.9 Å². The number of rotatable bonds is 35. The van der Waals surface area contributed by atoms with Crippen molar-refractivity contribution in [2.24, 2.45) is 53.1 Å². The zero-order chi connectivity index (χ0) is 60.8. The molecule has 2 unspecified atom stereocenters. The van der Waals surface area contributed by atoms with E-state index in [-0.39, 0.29) is 110 Å². The second-order valence-corrected chi connectivity index (χ2v) is 23.5. The first-order chi connectivity index (χ1) is 38.2. The van der Waals surface area contributed by atoms with E-state index in [4.69, 9.17) is 19.9 Å². The van der Waals surface area contributed by atoms with Gasteiger partial charge in [-0.05, 0) is 85.6 Å². The van der Waals surface area contributed by atoms with Crippen LogP contribution in [0.2, 0.25) is 0 Å². The van der Waals surface area contributed by atoms with E-state index in [1.165, 1.54) is 19.1 Å². The number of likely N-dealkylation sites (tertiary alicyclic amines) is 1. The summed E-state index contributed by atoms with van der Waals surface area (Å²) < 4.78 is 17.8. The maximum atomic E-state index is 14.8. The topological polar surface area (TPSA) is 256 Å². The zero-order valence-corrected chi connectivity index (χ0v) is 51.2. The van der Waals surface area contributed by atoms with Crippen molar-refractivity contribution in [1.29, 1.82) is 0 Å². The van der Waals surface area contributed by atoms with Crippen LogP contribution in [0.3, 0.4) is 0 Å². The molecule has 0 aromatic heterocycles. The van der Waals surface area contributed by atoms with Gasteiger partial charge in [0, 0.05) is 84.1 Å². The number of methoxy groups -OCH3 is 2. The number of carbonyl (C=O) groups is 8. The van der Waals surface area contributed by atoms with Crippen LogP contribution in [0.5, 0.6) is 0 Å². The number of nitrogens with one attached hydrogen (secondary N) is 3. The summed E-state index contributed by atoms with van der Waals surface area (Å²) in [5, 5.41) is 19.4. The number of amides is 6. The summed E-state index contributed by atoms with van der Waals surface area (Å²) >= 11 is 0. The predicted octanol–water partition coefficient (Wildman–Crippen LogP) is 7.97. The van der Waals surface area contributed by atoms with Crippen LogP contribution < -0.4 is 21.7 Å². The fraction of sp³-hybridized carbons (Fsp3) is 0.677. The quantitative estimate of drug-likeness (QED) is 0.0411. The smallest absolute Gasteiger partial charge is 0.410 e. The Bertz CT molecular complexity index is 2330. The van der Waals surface area contributed by atoms with E-state index in [1.807, 2.05) is 99.6 Å². The van der Waals surface area contributed by atoms with Gasteiger partial charge in [0.25, 0.3) is 0 Å². The SMILES string of the molecule is CC[C@H](C)[C@@H]([C@@H](CC(=O)N1CCC[C@H]1[C@H](OC)[C@@H](C)C(=O)C[C@H](C)[C@@H](O)c1ccccc1)OC)N(C)C(=O)C(CC(=O)[C@H](C(C)C)N(C)C(=O)OCc1ccc(NC(=O)C(CCCNC(N)=O)CC(=O)[C@@H](NC)C(C)C)cc1)C(C)C. The first-order valence-corrected chi connectivity index (χ1v) is 29.2. The van der Waals surface area contributed by atoms with Crippen LogP contribution in [0.25, 0.3) is 0 Å². The Balaban J connectivity index is 1.71. The fourth-order valence-electron chi connectivity index (χ4n) is 11.6. The highest BCUT2D eigenvalue weighted by atomic mass is 16.6. The minimum atomic E-state index is -0.925. The Kier molecular flexibility index (Phi) is 29.2. The van der Waals surface area contributed by atoms with Crippen LogP contribution in [-0.2, 0) is 49.6 Å². The van der Waals surface area contributed by atoms with Crippen molar-refractivity contribution in [3.05, 3.63) is 65.7 Å². The molecule has 81 heavy (non-hydrogen) atoms. The average Bonchev–Trinajstić information content (AvgIpc) is 3.99. The molecule has 12 atom stereocenters. The molecule has 6 amide bonds. The molecule has 3 rings (SSSR count). The molecular formula is C62H99N7O12. The van der Waals surface area contributed by atoms with E-state index in [1.54, 1.807) is 55.3 Å². The van der Waals surface area contributed by atoms with Crippen LogP contribution in [0.4, 0.5) is 15.3 Å². The summed E-state index contributed by atoms with van der Waals surface area (Å²) in [4.78, 5) is 114. The minimum absolute atomic E-state index is 0.00442. The molecule has 0 radical (unpaired) electrons. The lowest BCUT2D eigenvalue weighted by molar-refractivity contribution is -0.149. The van der Waals surface area contributed by atoms with Gasteiger partial charge < -0.3 is 55.7 Å². The lowest BCUT2D eigenvalue weighted by Crippen LogP contribution is -2.54. The highest BCUT2D eigenvalue weighted by Crippen LogP contribution is 2.33. The van der Waals surface area contributed by atoms with E-state index in [2.05, 4.69) is 16.0 Å². The predicted molar refractivity (Wildman–Crippen MR) is 314 cm³/mol. The van der Waals surface area contributed by atoms with Crippen LogP contribution in [0.1, 0.15) is 144 Å². The number of carbonyl (C=O) groups excluding carboxylic acids is 8. The van der Waals surface area contributed by atoms with Gasteiger partial charge in [-0.15, -0.1) is 0 Å². The third-order valence-corrected chi connectivity index (χ3v) is 16.5. The molecule has 1 saturated heterocycles. The number of likely N-dealkylation sites (N-methyl/N-ethyl adjacent to an activating group) is 3. The number of hydrogen-bond donors (Lipinski definition) is 5. The number of anilines is 1. The van der Waals surface area contributed by atoms with Gasteiger partial charge in [0.1, 0.15) is 12.4 Å². The summed E-state index contributed by atoms with van der Waals surface area (Å²) in [5.41, 5.74) is 7.03. The maximum absolute atomic E-state index is 14.8. The van der Waals surface area contributed by atoms with Gasteiger partial charge in [-0.25, -0.2) is 9.59 Å². The monoisotopic (exact) mass is 1130 g/mol. The maximum Gasteiger partial charge on any atom is 0.410 e. The van der Waals surface area contributed by atoms with E-state index in [9.17, 15) is 43.5 Å². The van der Waals surface area contributed by atoms with Crippen LogP contribution >= 0.6 is 0 Å². The van der Waals surface area contributed by atoms with Gasteiger partial charge in [0.15, 0.2) is 11.6 Å². The number of aliphatic hydroxyl groups excluding tert-OH is 1. The number of Topliss-reactive ketones (excluding diaryl/α,β-unsaturated/α-hetero) is 3. The molecule has 0 spiro atoms. The number of ketones is 3. The highest BCUT2D eigenvalue weighted by molar-refractivity contribution is 5.96. The number of nitrogens with two attached hydrogens (primary N) is 1. The molecule has 19 heteroatoms. The molecule has 2 aromatic rings. The van der Waals surface area contributed by atoms with E-state index < -0.39 is 66.3 Å². The Morgan fingerprint density at radius 2 is 1.41 bits per heavy atom. The molecule has 6 N–H and O–H groups in total. The molecule has 19 nitrogen and oxygen atoms in total. The first-order valence-electron chi connectivity index (χ1n) is 29.2. The molecule has 0 aliphatic carbocycles. The van der Waals surface area contributed by atoms with E-state index in [0.29, 0.717) is 43.5 Å². The summed E-state index contributed by atoms with van der Waals surface area (Å²) in [6, 6.07) is 13.0. The second kappa shape index (κ2) is 34.0. The Hall–Kier alpha value is -5.76. The van der Waals surface area contributed by atoms with Crippen molar-refractivity contribution < 1.29 is 57.7 Å². The number of benzene rings is 2. The highest BCUT2D eigenvalue weighted by Gasteiger charge is 2.44. The molecule has 0 bridgehead atoms. The molecule has 2 aromatic carbocycles. The van der Waals surface area contributed by atoms with Crippen molar-refractivity contribution >= 4 is 52.9 Å². The summed E-state index contributed by atoms with van der Waals surface area (Å²) in [6.45, 7) is 19.6. The summed E-state index contributed by atoms with van der Waals surface area (Å²) in [5.74, 6) is -4.30. The summed E-state index contributed by atoms with van der Waals surface area (Å²) in [6.07, 6.45) is -0.0701. The number of nitrogens with zero attached hydrogens (tertiary/aromatic N) is 3. The van der Waals surface area contributed by atoms with Crippen molar-refractivity contribution in [3.63, 3.8) is 0 Å². The lowest BCUT2D eigenvalue weighted by Gasteiger charge is -2.41. The minimum Gasteiger partial charge on any atom is -0.445 e. The number of urea groups is 1. The van der Waals surface area contributed by atoms with Gasteiger partial charge in [-0.3, -0.25) is 28.8 Å². The fourth-order valence-corrected chi connectivity index (χ4v) is 11.6. The second-order valence-electron chi connectivity index (χ2n) is 23.5. The van der Waals surface area contributed by atoms with Gasteiger partial charge in [-0.2, -0.15) is 0 Å². The molecular weight excluding hydrogens is 1030 g/mol. The summed E-state index contributed by atoms with van der Waals surface area (Å²) in [7, 11) is 8.00. The Morgan fingerprint density at radius 3 is 1.95 bits per heavy atom. The molecule has 1 heterocycles. The molecule has 1 fully saturated rings. The van der Waals surface area contributed by atoms with Crippen LogP contribution in [-0.4, -0.2) is 152 Å². The number of aliphatic hydroxyl groups is 1. The normalized spacial score (nSPS) is 17.7. The zero-order valence-electron chi connectivity index (χ0n) is 51.2. The third-order valence-electron chi connectivity index (χ3n) is 16.5. The Labute approximate surface area is 482 Å². The van der Waals surface area contributed by atoms with Gasteiger partial charge in [0.2, 0.25) is 17.7 Å².